The molecule has 0 saturated heterocycles. The van der Waals surface area contributed by atoms with Crippen LogP contribution < -0.4 is 11.3 Å². The van der Waals surface area contributed by atoms with Crippen LogP contribution in [-0.2, 0) is 16.6 Å². The van der Waals surface area contributed by atoms with Gasteiger partial charge < -0.3 is 5.11 Å². The van der Waals surface area contributed by atoms with Crippen molar-refractivity contribution >= 4 is 28.7 Å². The first-order chi connectivity index (χ1) is 15.2. The molecule has 0 spiro atoms. The molecule has 0 unspecified atom stereocenters. The van der Waals surface area contributed by atoms with E-state index < -0.39 is 0 Å². The summed E-state index contributed by atoms with van der Waals surface area (Å²) in [6, 6.07) is 19.5. The standard InChI is InChI=1S/C24H25N5O2S/c1-24(2,3)18-11-15(13-22(30)26-25)12-21(23(18)31)29-27-19-10-9-17(14-20(19)28-29)32-16-7-5-4-6-8-16/h4-12,14,31H,13,25H2,1-3H3,(H,26,30). The number of hydrogen-bond acceptors (Lipinski definition) is 6. The maximum atomic E-state index is 11.9. The van der Waals surface area contributed by atoms with E-state index in [0.29, 0.717) is 27.8 Å². The summed E-state index contributed by atoms with van der Waals surface area (Å²) in [6.07, 6.45) is 0.0888. The van der Waals surface area contributed by atoms with E-state index in [-0.39, 0.29) is 23.5 Å². The number of benzene rings is 3. The van der Waals surface area contributed by atoms with Crippen LogP contribution in [0.2, 0.25) is 0 Å². The number of fused-ring (bicyclic) bond motifs is 1. The number of amides is 1. The van der Waals surface area contributed by atoms with E-state index >= 15 is 0 Å². The van der Waals surface area contributed by atoms with E-state index in [1.54, 1.807) is 17.8 Å². The van der Waals surface area contributed by atoms with E-state index in [4.69, 9.17) is 5.84 Å². The molecular weight excluding hydrogens is 422 g/mol. The topological polar surface area (TPSA) is 106 Å². The van der Waals surface area contributed by atoms with Gasteiger partial charge in [0.1, 0.15) is 22.5 Å². The predicted octanol–water partition coefficient (Wildman–Crippen LogP) is 4.11. The molecule has 4 N–H and O–H groups in total. The number of hydrazine groups is 1. The van der Waals surface area contributed by atoms with Gasteiger partial charge in [0.25, 0.3) is 0 Å². The van der Waals surface area contributed by atoms with Crippen LogP contribution in [0.15, 0.2) is 70.5 Å². The van der Waals surface area contributed by atoms with Crippen LogP contribution in [-0.4, -0.2) is 26.0 Å². The maximum absolute atomic E-state index is 11.9. The molecule has 1 amide bonds. The maximum Gasteiger partial charge on any atom is 0.238 e. The normalized spacial score (nSPS) is 11.6. The molecule has 0 atom stereocenters. The number of carbonyl (C=O) groups excluding carboxylic acids is 1. The quantitative estimate of drug-likeness (QED) is 0.242. The van der Waals surface area contributed by atoms with Gasteiger partial charge in [-0.15, -0.1) is 15.0 Å². The summed E-state index contributed by atoms with van der Waals surface area (Å²) in [5.74, 6) is 5.04. The summed E-state index contributed by atoms with van der Waals surface area (Å²) < 4.78 is 0. The lowest BCUT2D eigenvalue weighted by atomic mass is 9.84. The molecule has 8 heteroatoms. The number of nitrogens with zero attached hydrogens (tertiary/aromatic N) is 3. The van der Waals surface area contributed by atoms with Gasteiger partial charge in [-0.25, -0.2) is 5.84 Å². The predicted molar refractivity (Wildman–Crippen MR) is 126 cm³/mol. The first-order valence-corrected chi connectivity index (χ1v) is 11.0. The Morgan fingerprint density at radius 2 is 1.75 bits per heavy atom. The highest BCUT2D eigenvalue weighted by Gasteiger charge is 2.24. The molecule has 0 fully saturated rings. The molecule has 0 bridgehead atoms. The monoisotopic (exact) mass is 447 g/mol. The molecule has 3 aromatic carbocycles. The fourth-order valence-corrected chi connectivity index (χ4v) is 4.30. The van der Waals surface area contributed by atoms with Gasteiger partial charge in [0.05, 0.1) is 6.42 Å². The second-order valence-electron chi connectivity index (χ2n) is 8.56. The van der Waals surface area contributed by atoms with Gasteiger partial charge in [0.2, 0.25) is 5.91 Å². The number of nitrogens with two attached hydrogens (primary N) is 1. The fraction of sp³-hybridized carbons (Fsp3) is 0.208. The van der Waals surface area contributed by atoms with Crippen LogP contribution >= 0.6 is 11.8 Å². The molecular formula is C24H25N5O2S. The van der Waals surface area contributed by atoms with Gasteiger partial charge in [-0.1, -0.05) is 56.8 Å². The zero-order valence-corrected chi connectivity index (χ0v) is 19.0. The molecule has 0 radical (unpaired) electrons. The molecule has 164 valence electrons. The lowest BCUT2D eigenvalue weighted by Crippen LogP contribution is -2.31. The van der Waals surface area contributed by atoms with E-state index in [0.717, 1.165) is 9.79 Å². The Labute approximate surface area is 190 Å². The highest BCUT2D eigenvalue weighted by Crippen LogP contribution is 2.37. The number of hydrogen-bond donors (Lipinski definition) is 3. The Balaban J connectivity index is 1.77. The number of carbonyl (C=O) groups is 1. The van der Waals surface area contributed by atoms with Crippen molar-refractivity contribution in [2.75, 3.05) is 0 Å². The van der Waals surface area contributed by atoms with Gasteiger partial charge in [-0.05, 0) is 47.4 Å². The molecule has 4 aromatic rings. The molecule has 4 rings (SSSR count). The first kappa shape index (κ1) is 21.9. The number of phenols is 1. The highest BCUT2D eigenvalue weighted by atomic mass is 32.2. The van der Waals surface area contributed by atoms with Gasteiger partial charge in [-0.2, -0.15) is 0 Å². The van der Waals surface area contributed by atoms with Crippen LogP contribution in [0.25, 0.3) is 16.7 Å². The number of nitrogens with one attached hydrogen (secondary N) is 1. The van der Waals surface area contributed by atoms with E-state index in [1.807, 2.05) is 63.2 Å². The molecule has 7 nitrogen and oxygen atoms in total. The summed E-state index contributed by atoms with van der Waals surface area (Å²) in [6.45, 7) is 6.00. The summed E-state index contributed by atoms with van der Waals surface area (Å²) in [4.78, 5) is 15.5. The number of aromatic hydroxyl groups is 1. The van der Waals surface area contributed by atoms with Gasteiger partial charge in [-0.3, -0.25) is 10.2 Å². The first-order valence-electron chi connectivity index (χ1n) is 10.2. The molecule has 0 saturated carbocycles. The van der Waals surface area contributed by atoms with Crippen molar-refractivity contribution in [3.8, 4) is 11.4 Å². The minimum Gasteiger partial charge on any atom is -0.505 e. The Hall–Kier alpha value is -3.36. The molecule has 1 heterocycles. The molecule has 0 aliphatic heterocycles. The molecule has 0 aliphatic carbocycles. The minimum absolute atomic E-state index is 0.0888. The third kappa shape index (κ3) is 4.61. The Bertz CT molecular complexity index is 1280. The van der Waals surface area contributed by atoms with Crippen LogP contribution in [0.5, 0.6) is 5.75 Å². The van der Waals surface area contributed by atoms with Crippen LogP contribution in [0.4, 0.5) is 0 Å². The van der Waals surface area contributed by atoms with Crippen LogP contribution in [0.1, 0.15) is 31.9 Å². The van der Waals surface area contributed by atoms with Crippen molar-refractivity contribution in [2.45, 2.75) is 42.4 Å². The zero-order chi connectivity index (χ0) is 22.9. The molecule has 32 heavy (non-hydrogen) atoms. The van der Waals surface area contributed by atoms with Crippen molar-refractivity contribution in [2.24, 2.45) is 5.84 Å². The summed E-state index contributed by atoms with van der Waals surface area (Å²) in [5, 5.41) is 20.2. The summed E-state index contributed by atoms with van der Waals surface area (Å²) in [5.41, 5.74) is 5.07. The van der Waals surface area contributed by atoms with Crippen LogP contribution in [0, 0.1) is 0 Å². The second-order valence-corrected chi connectivity index (χ2v) is 9.71. The Morgan fingerprint density at radius 1 is 1.03 bits per heavy atom. The number of phenolic OH excluding ortho intramolecular Hbond substituents is 1. The van der Waals surface area contributed by atoms with Crippen molar-refractivity contribution in [3.05, 3.63) is 71.8 Å². The lowest BCUT2D eigenvalue weighted by Gasteiger charge is -2.23. The minimum atomic E-state index is -0.347. The average molecular weight is 448 g/mol. The number of rotatable bonds is 5. The largest absolute Gasteiger partial charge is 0.505 e. The molecule has 1 aromatic heterocycles. The van der Waals surface area contributed by atoms with Gasteiger partial charge in [0.15, 0.2) is 0 Å². The smallest absolute Gasteiger partial charge is 0.238 e. The third-order valence-electron chi connectivity index (χ3n) is 5.03. The summed E-state index contributed by atoms with van der Waals surface area (Å²) in [7, 11) is 0. The SMILES string of the molecule is CC(C)(C)c1cc(CC(=O)NN)cc(-n2nc3ccc(Sc4ccccc4)cc3n2)c1O. The second kappa shape index (κ2) is 8.64. The van der Waals surface area contributed by atoms with Crippen molar-refractivity contribution < 1.29 is 9.90 Å². The van der Waals surface area contributed by atoms with E-state index in [1.165, 1.54) is 4.80 Å². The van der Waals surface area contributed by atoms with Gasteiger partial charge >= 0.3 is 0 Å². The van der Waals surface area contributed by atoms with Gasteiger partial charge in [0, 0.05) is 15.4 Å². The molecule has 0 aliphatic rings. The lowest BCUT2D eigenvalue weighted by molar-refractivity contribution is -0.120. The Morgan fingerprint density at radius 3 is 2.44 bits per heavy atom. The van der Waals surface area contributed by atoms with E-state index in [2.05, 4.69) is 27.8 Å². The van der Waals surface area contributed by atoms with Crippen molar-refractivity contribution in [1.82, 2.24) is 20.4 Å². The van der Waals surface area contributed by atoms with E-state index in [9.17, 15) is 9.90 Å². The average Bonchev–Trinajstić information content (AvgIpc) is 3.17. The van der Waals surface area contributed by atoms with Crippen LogP contribution in [0.3, 0.4) is 0 Å². The zero-order valence-electron chi connectivity index (χ0n) is 18.2. The van der Waals surface area contributed by atoms with Crippen molar-refractivity contribution in [3.63, 3.8) is 0 Å². The Kier molecular flexibility index (Phi) is 5.90. The van der Waals surface area contributed by atoms with Crippen molar-refractivity contribution in [1.29, 1.82) is 0 Å². The summed E-state index contributed by atoms with van der Waals surface area (Å²) >= 11 is 1.65. The number of aromatic nitrogens is 3. The highest BCUT2D eigenvalue weighted by molar-refractivity contribution is 7.99. The fourth-order valence-electron chi connectivity index (χ4n) is 3.43. The third-order valence-corrected chi connectivity index (χ3v) is 6.03.